The summed E-state index contributed by atoms with van der Waals surface area (Å²) in [5.41, 5.74) is 1.00. The van der Waals surface area contributed by atoms with Crippen molar-refractivity contribution in [2.45, 2.75) is 91.3 Å². The van der Waals surface area contributed by atoms with Crippen molar-refractivity contribution in [1.29, 1.82) is 0 Å². The maximum atomic E-state index is 12.6. The summed E-state index contributed by atoms with van der Waals surface area (Å²) in [6.07, 6.45) is 11.1. The smallest absolute Gasteiger partial charge is 0.302 e. The molecule has 30 heavy (non-hydrogen) atoms. The van der Waals surface area contributed by atoms with Gasteiger partial charge in [-0.15, -0.1) is 0 Å². The monoisotopic (exact) mass is 416 g/mol. The summed E-state index contributed by atoms with van der Waals surface area (Å²) in [6.45, 7) is 7.40. The second kappa shape index (κ2) is 7.80. The molecule has 5 heteroatoms. The molecule has 0 spiro atoms. The predicted molar refractivity (Wildman–Crippen MR) is 112 cm³/mol. The van der Waals surface area contributed by atoms with Crippen molar-refractivity contribution in [3.8, 4) is 0 Å². The minimum atomic E-state index is -0.375. The summed E-state index contributed by atoms with van der Waals surface area (Å²) >= 11 is 0. The molecule has 0 amide bonds. The molecule has 0 N–H and O–H groups in total. The van der Waals surface area contributed by atoms with Crippen molar-refractivity contribution in [3.63, 3.8) is 0 Å². The van der Waals surface area contributed by atoms with Crippen LogP contribution in [-0.2, 0) is 23.9 Å². The van der Waals surface area contributed by atoms with E-state index in [1.54, 1.807) is 0 Å². The number of hydrogen-bond acceptors (Lipinski definition) is 5. The Labute approximate surface area is 179 Å². The third kappa shape index (κ3) is 3.33. The third-order valence-electron chi connectivity index (χ3n) is 9.20. The topological polar surface area (TPSA) is 69.7 Å². The maximum Gasteiger partial charge on any atom is 0.302 e. The highest BCUT2D eigenvalue weighted by molar-refractivity contribution is 5.69. The quantitative estimate of drug-likeness (QED) is 0.380. The average Bonchev–Trinajstić information content (AvgIpc) is 3.04. The molecule has 4 rings (SSSR count). The molecule has 4 aliphatic rings. The van der Waals surface area contributed by atoms with Gasteiger partial charge in [0.2, 0.25) is 0 Å². The van der Waals surface area contributed by atoms with E-state index >= 15 is 0 Å². The summed E-state index contributed by atoms with van der Waals surface area (Å²) in [6, 6.07) is 0. The number of rotatable bonds is 4. The van der Waals surface area contributed by atoms with Gasteiger partial charge < -0.3 is 14.3 Å². The molecule has 0 bridgehead atoms. The Morgan fingerprint density at radius 3 is 2.53 bits per heavy atom. The van der Waals surface area contributed by atoms with Crippen LogP contribution in [0.15, 0.2) is 11.6 Å². The molecule has 5 nitrogen and oxygen atoms in total. The molecule has 0 heterocycles. The van der Waals surface area contributed by atoms with Crippen molar-refractivity contribution in [2.24, 2.45) is 34.5 Å². The van der Waals surface area contributed by atoms with E-state index < -0.39 is 0 Å². The molecule has 2 unspecified atom stereocenters. The molecule has 4 aliphatic carbocycles. The van der Waals surface area contributed by atoms with E-state index in [2.05, 4.69) is 13.0 Å². The Morgan fingerprint density at radius 1 is 1.10 bits per heavy atom. The van der Waals surface area contributed by atoms with Crippen molar-refractivity contribution in [1.82, 2.24) is 0 Å². The summed E-state index contributed by atoms with van der Waals surface area (Å²) in [4.78, 5) is 35.5. The fourth-order valence-corrected chi connectivity index (χ4v) is 8.04. The largest absolute Gasteiger partial charge is 0.463 e. The lowest BCUT2D eigenvalue weighted by Gasteiger charge is -2.57. The van der Waals surface area contributed by atoms with E-state index in [1.165, 1.54) is 25.7 Å². The van der Waals surface area contributed by atoms with Crippen molar-refractivity contribution in [2.75, 3.05) is 0 Å². The van der Waals surface area contributed by atoms with Crippen LogP contribution in [-0.4, -0.2) is 30.4 Å². The van der Waals surface area contributed by atoms with Crippen molar-refractivity contribution < 1.29 is 23.9 Å². The van der Waals surface area contributed by atoms with Gasteiger partial charge in [0.15, 0.2) is 0 Å². The number of allylic oxidation sites excluding steroid dienone is 1. The minimum absolute atomic E-state index is 0.0528. The van der Waals surface area contributed by atoms with Crippen LogP contribution in [0.25, 0.3) is 0 Å². The third-order valence-corrected chi connectivity index (χ3v) is 9.20. The Kier molecular flexibility index (Phi) is 5.61. The van der Waals surface area contributed by atoms with Gasteiger partial charge in [-0.1, -0.05) is 18.6 Å². The number of hydrogen-bond donors (Lipinski definition) is 0. The average molecular weight is 417 g/mol. The Morgan fingerprint density at radius 2 is 1.87 bits per heavy atom. The maximum absolute atomic E-state index is 12.6. The molecule has 8 atom stereocenters. The van der Waals surface area contributed by atoms with Gasteiger partial charge in [0, 0.05) is 26.2 Å². The van der Waals surface area contributed by atoms with Gasteiger partial charge >= 0.3 is 11.9 Å². The standard InChI is InChI=1S/C25H36O5/c1-15(29-16(2)27)21-7-8-22-20-6-5-18-13-19(30-17(3)28)9-12-25(18,14-26)23(20)10-11-24(21,22)4/h5,14-15,19-23H,6-13H2,1-4H3/t15?,19?,20-,21+,22-,23-,24+,25-/m0/s1. The molecule has 3 saturated carbocycles. The second-order valence-electron chi connectivity index (χ2n) is 10.5. The number of fused-ring (bicyclic) bond motifs is 5. The number of aldehydes is 1. The van der Waals surface area contributed by atoms with Gasteiger partial charge in [-0.2, -0.15) is 0 Å². The zero-order valence-corrected chi connectivity index (χ0v) is 18.8. The Balaban J connectivity index is 1.58. The van der Waals surface area contributed by atoms with Crippen LogP contribution in [0.3, 0.4) is 0 Å². The van der Waals surface area contributed by atoms with Crippen molar-refractivity contribution in [3.05, 3.63) is 11.6 Å². The first-order valence-corrected chi connectivity index (χ1v) is 11.7. The number of carbonyl (C=O) groups is 3. The molecule has 0 aromatic rings. The molecule has 0 aliphatic heterocycles. The lowest BCUT2D eigenvalue weighted by molar-refractivity contribution is -0.154. The predicted octanol–water partition coefficient (Wildman–Crippen LogP) is 4.63. The SMILES string of the molecule is CC(=O)OC1CC[C@]2(C=O)C(=CC[C@H]3[C@@H]4CC[C@H](C(C)OC(C)=O)[C@@]4(C)CC[C@@H]32)C1. The number of esters is 2. The normalized spacial score (nSPS) is 43.3. The lowest BCUT2D eigenvalue weighted by Crippen LogP contribution is -2.53. The summed E-state index contributed by atoms with van der Waals surface area (Å²) < 4.78 is 11.1. The van der Waals surface area contributed by atoms with Crippen LogP contribution in [0.2, 0.25) is 0 Å². The van der Waals surface area contributed by atoms with Crippen LogP contribution >= 0.6 is 0 Å². The van der Waals surface area contributed by atoms with E-state index in [9.17, 15) is 14.4 Å². The molecule has 0 saturated heterocycles. The Hall–Kier alpha value is -1.65. The van der Waals surface area contributed by atoms with Gasteiger partial charge in [0.05, 0.1) is 5.41 Å². The van der Waals surface area contributed by atoms with E-state index in [0.29, 0.717) is 30.1 Å². The van der Waals surface area contributed by atoms with E-state index in [4.69, 9.17) is 9.47 Å². The van der Waals surface area contributed by atoms with E-state index in [0.717, 1.165) is 44.9 Å². The van der Waals surface area contributed by atoms with Gasteiger partial charge in [-0.3, -0.25) is 9.59 Å². The molecule has 166 valence electrons. The highest BCUT2D eigenvalue weighted by Crippen LogP contribution is 2.66. The molecule has 0 aromatic carbocycles. The van der Waals surface area contributed by atoms with E-state index in [1.807, 2.05) is 6.92 Å². The number of carbonyl (C=O) groups excluding carboxylic acids is 3. The Bertz CT molecular complexity index is 757. The van der Waals surface area contributed by atoms with Crippen LogP contribution in [0.1, 0.15) is 79.1 Å². The van der Waals surface area contributed by atoms with Crippen LogP contribution < -0.4 is 0 Å². The van der Waals surface area contributed by atoms with Gasteiger partial charge in [0.1, 0.15) is 18.5 Å². The fraction of sp³-hybridized carbons (Fsp3) is 0.800. The summed E-state index contributed by atoms with van der Waals surface area (Å²) in [7, 11) is 0. The van der Waals surface area contributed by atoms with E-state index in [-0.39, 0.29) is 35.0 Å². The highest BCUT2D eigenvalue weighted by Gasteiger charge is 2.61. The first kappa shape index (κ1) is 21.6. The minimum Gasteiger partial charge on any atom is -0.463 e. The molecular formula is C25H36O5. The molecular weight excluding hydrogens is 380 g/mol. The second-order valence-corrected chi connectivity index (χ2v) is 10.5. The fourth-order valence-electron chi connectivity index (χ4n) is 8.04. The highest BCUT2D eigenvalue weighted by atomic mass is 16.5. The van der Waals surface area contributed by atoms with Gasteiger partial charge in [-0.25, -0.2) is 0 Å². The first-order valence-electron chi connectivity index (χ1n) is 11.7. The number of ether oxygens (including phenoxy) is 2. The summed E-state index contributed by atoms with van der Waals surface area (Å²) in [5, 5.41) is 0. The van der Waals surface area contributed by atoms with Crippen LogP contribution in [0.4, 0.5) is 0 Å². The van der Waals surface area contributed by atoms with Gasteiger partial charge in [-0.05, 0) is 75.0 Å². The van der Waals surface area contributed by atoms with Gasteiger partial charge in [0.25, 0.3) is 0 Å². The first-order chi connectivity index (χ1) is 14.2. The zero-order valence-electron chi connectivity index (χ0n) is 18.8. The molecule has 0 aromatic heterocycles. The van der Waals surface area contributed by atoms with Crippen LogP contribution in [0, 0.1) is 34.5 Å². The molecule has 0 radical (unpaired) electrons. The summed E-state index contributed by atoms with van der Waals surface area (Å²) in [5.74, 6) is 1.43. The van der Waals surface area contributed by atoms with Crippen molar-refractivity contribution >= 4 is 18.2 Å². The lowest BCUT2D eigenvalue weighted by atomic mass is 9.47. The molecule has 3 fully saturated rings. The van der Waals surface area contributed by atoms with Crippen LogP contribution in [0.5, 0.6) is 0 Å². The zero-order chi connectivity index (χ0) is 21.7.